The highest BCUT2D eigenvalue weighted by Gasteiger charge is 2.28. The van der Waals surface area contributed by atoms with Gasteiger partial charge in [0.1, 0.15) is 0 Å². The van der Waals surface area contributed by atoms with Crippen LogP contribution in [-0.2, 0) is 10.0 Å². The predicted octanol–water partition coefficient (Wildman–Crippen LogP) is 2.13. The van der Waals surface area contributed by atoms with Crippen molar-refractivity contribution in [1.29, 1.82) is 0 Å². The van der Waals surface area contributed by atoms with Crippen LogP contribution in [-0.4, -0.2) is 69.7 Å². The molecule has 2 fully saturated rings. The summed E-state index contributed by atoms with van der Waals surface area (Å²) in [6.07, 6.45) is 3.41. The Morgan fingerprint density at radius 3 is 2.50 bits per heavy atom. The van der Waals surface area contributed by atoms with Crippen molar-refractivity contribution in [1.82, 2.24) is 9.21 Å². The van der Waals surface area contributed by atoms with Crippen LogP contribution >= 0.6 is 11.6 Å². The van der Waals surface area contributed by atoms with Crippen LogP contribution in [0, 0.1) is 5.92 Å². The Morgan fingerprint density at radius 2 is 1.83 bits per heavy atom. The molecule has 0 amide bonds. The molecule has 2 aliphatic heterocycles. The lowest BCUT2D eigenvalue weighted by molar-refractivity contribution is 0.172. The van der Waals surface area contributed by atoms with Gasteiger partial charge in [0.25, 0.3) is 0 Å². The van der Waals surface area contributed by atoms with Crippen LogP contribution < -0.4 is 4.90 Å². The molecule has 0 spiro atoms. The standard InChI is InChI=1S/C17H26ClN3O2S/c1-24(22,23)21-8-4-5-15(14-21)13-19-9-11-20(12-10-19)17-7-3-2-6-16(17)18/h2-3,6-7,15H,4-5,8-14H2,1H3. The molecule has 2 heterocycles. The number of sulfonamides is 1. The Kier molecular flexibility index (Phi) is 5.70. The molecule has 0 aromatic heterocycles. The lowest BCUT2D eigenvalue weighted by atomic mass is 9.99. The second kappa shape index (κ2) is 7.60. The molecule has 1 atom stereocenters. The average molecular weight is 372 g/mol. The van der Waals surface area contributed by atoms with Gasteiger partial charge in [-0.2, -0.15) is 0 Å². The van der Waals surface area contributed by atoms with Crippen LogP contribution in [0.5, 0.6) is 0 Å². The van der Waals surface area contributed by atoms with E-state index in [-0.39, 0.29) is 0 Å². The van der Waals surface area contributed by atoms with Crippen molar-refractivity contribution in [2.24, 2.45) is 5.92 Å². The summed E-state index contributed by atoms with van der Waals surface area (Å²) in [5.74, 6) is 0.445. The minimum Gasteiger partial charge on any atom is -0.368 e. The van der Waals surface area contributed by atoms with Crippen molar-refractivity contribution in [2.45, 2.75) is 12.8 Å². The van der Waals surface area contributed by atoms with Gasteiger partial charge in [-0.25, -0.2) is 12.7 Å². The van der Waals surface area contributed by atoms with E-state index in [4.69, 9.17) is 11.6 Å². The molecule has 0 radical (unpaired) electrons. The molecule has 5 nitrogen and oxygen atoms in total. The van der Waals surface area contributed by atoms with E-state index in [9.17, 15) is 8.42 Å². The molecule has 0 saturated carbocycles. The third-order valence-electron chi connectivity index (χ3n) is 5.03. The lowest BCUT2D eigenvalue weighted by Crippen LogP contribution is -2.50. The number of nitrogens with zero attached hydrogens (tertiary/aromatic N) is 3. The molecule has 1 aromatic rings. The predicted molar refractivity (Wildman–Crippen MR) is 99.2 cm³/mol. The van der Waals surface area contributed by atoms with E-state index in [1.54, 1.807) is 4.31 Å². The fourth-order valence-corrected chi connectivity index (χ4v) is 4.92. The molecule has 0 bridgehead atoms. The van der Waals surface area contributed by atoms with Gasteiger partial charge in [0.05, 0.1) is 17.0 Å². The van der Waals surface area contributed by atoms with Crippen LogP contribution in [0.3, 0.4) is 0 Å². The number of rotatable bonds is 4. The summed E-state index contributed by atoms with van der Waals surface area (Å²) in [5.41, 5.74) is 1.11. The van der Waals surface area contributed by atoms with Crippen molar-refractivity contribution in [2.75, 3.05) is 57.0 Å². The first-order valence-electron chi connectivity index (χ1n) is 8.60. The first kappa shape index (κ1) is 18.0. The number of anilines is 1. The van der Waals surface area contributed by atoms with Gasteiger partial charge in [-0.05, 0) is 30.9 Å². The average Bonchev–Trinajstić information content (AvgIpc) is 2.56. The van der Waals surface area contributed by atoms with Crippen molar-refractivity contribution in [3.8, 4) is 0 Å². The lowest BCUT2D eigenvalue weighted by Gasteiger charge is -2.39. The maximum atomic E-state index is 11.7. The van der Waals surface area contributed by atoms with E-state index in [1.807, 2.05) is 18.2 Å². The fourth-order valence-electron chi connectivity index (χ4n) is 3.72. The SMILES string of the molecule is CS(=O)(=O)N1CCCC(CN2CCN(c3ccccc3Cl)CC2)C1. The molecular weight excluding hydrogens is 346 g/mol. The van der Waals surface area contributed by atoms with E-state index in [2.05, 4.69) is 15.9 Å². The van der Waals surface area contributed by atoms with Crippen molar-refractivity contribution < 1.29 is 8.42 Å². The van der Waals surface area contributed by atoms with Crippen LogP contribution in [0.15, 0.2) is 24.3 Å². The summed E-state index contributed by atoms with van der Waals surface area (Å²) < 4.78 is 25.1. The number of hydrogen-bond donors (Lipinski definition) is 0. The van der Waals surface area contributed by atoms with Gasteiger partial charge >= 0.3 is 0 Å². The molecule has 7 heteroatoms. The van der Waals surface area contributed by atoms with Gasteiger partial charge in [0.2, 0.25) is 10.0 Å². The molecule has 2 saturated heterocycles. The second-order valence-electron chi connectivity index (χ2n) is 6.87. The van der Waals surface area contributed by atoms with Gasteiger partial charge in [-0.15, -0.1) is 0 Å². The van der Waals surface area contributed by atoms with Gasteiger partial charge in [-0.3, -0.25) is 4.90 Å². The minimum atomic E-state index is -3.06. The Labute approximate surface area is 150 Å². The van der Waals surface area contributed by atoms with E-state index in [0.717, 1.165) is 56.3 Å². The molecule has 2 aliphatic rings. The number of piperazine rings is 1. The highest BCUT2D eigenvalue weighted by Crippen LogP contribution is 2.26. The summed E-state index contributed by atoms with van der Waals surface area (Å²) in [6, 6.07) is 7.99. The Morgan fingerprint density at radius 1 is 1.12 bits per heavy atom. The fraction of sp³-hybridized carbons (Fsp3) is 0.647. The number of para-hydroxylation sites is 1. The first-order chi connectivity index (χ1) is 11.4. The summed E-state index contributed by atoms with van der Waals surface area (Å²) in [6.45, 7) is 6.27. The van der Waals surface area contributed by atoms with Gasteiger partial charge in [0.15, 0.2) is 0 Å². The molecule has 1 unspecified atom stereocenters. The van der Waals surface area contributed by atoms with Crippen molar-refractivity contribution in [3.63, 3.8) is 0 Å². The third-order valence-corrected chi connectivity index (χ3v) is 6.62. The summed E-state index contributed by atoms with van der Waals surface area (Å²) in [7, 11) is -3.06. The quantitative estimate of drug-likeness (QED) is 0.813. The summed E-state index contributed by atoms with van der Waals surface area (Å²) in [4.78, 5) is 4.80. The number of hydrogen-bond acceptors (Lipinski definition) is 4. The molecule has 0 N–H and O–H groups in total. The van der Waals surface area contributed by atoms with E-state index < -0.39 is 10.0 Å². The Bertz CT molecular complexity index is 660. The highest BCUT2D eigenvalue weighted by atomic mass is 35.5. The second-order valence-corrected chi connectivity index (χ2v) is 9.26. The Hall–Kier alpha value is -0.820. The van der Waals surface area contributed by atoms with E-state index in [1.165, 1.54) is 6.26 Å². The molecule has 1 aromatic carbocycles. The van der Waals surface area contributed by atoms with Gasteiger partial charge in [0, 0.05) is 45.8 Å². The van der Waals surface area contributed by atoms with Crippen molar-refractivity contribution >= 4 is 27.3 Å². The van der Waals surface area contributed by atoms with E-state index >= 15 is 0 Å². The maximum Gasteiger partial charge on any atom is 0.211 e. The van der Waals surface area contributed by atoms with Crippen LogP contribution in [0.4, 0.5) is 5.69 Å². The topological polar surface area (TPSA) is 43.9 Å². The molecule has 3 rings (SSSR count). The molecule has 0 aliphatic carbocycles. The zero-order valence-electron chi connectivity index (χ0n) is 14.2. The zero-order valence-corrected chi connectivity index (χ0v) is 15.8. The van der Waals surface area contributed by atoms with Crippen LogP contribution in [0.1, 0.15) is 12.8 Å². The third kappa shape index (κ3) is 4.42. The molecule has 134 valence electrons. The number of piperidine rings is 1. The maximum absolute atomic E-state index is 11.7. The largest absolute Gasteiger partial charge is 0.368 e. The van der Waals surface area contributed by atoms with Crippen LogP contribution in [0.25, 0.3) is 0 Å². The summed E-state index contributed by atoms with van der Waals surface area (Å²) >= 11 is 6.29. The Balaban J connectivity index is 1.51. The van der Waals surface area contributed by atoms with Gasteiger partial charge in [-0.1, -0.05) is 23.7 Å². The number of halogens is 1. The molecular formula is C17H26ClN3O2S. The van der Waals surface area contributed by atoms with Crippen molar-refractivity contribution in [3.05, 3.63) is 29.3 Å². The first-order valence-corrected chi connectivity index (χ1v) is 10.8. The normalized spacial score (nSPS) is 24.2. The summed E-state index contributed by atoms with van der Waals surface area (Å²) in [5, 5.41) is 0.807. The smallest absolute Gasteiger partial charge is 0.211 e. The monoisotopic (exact) mass is 371 g/mol. The van der Waals surface area contributed by atoms with E-state index in [0.29, 0.717) is 19.0 Å². The van der Waals surface area contributed by atoms with Crippen LogP contribution in [0.2, 0.25) is 5.02 Å². The molecule has 24 heavy (non-hydrogen) atoms. The highest BCUT2D eigenvalue weighted by molar-refractivity contribution is 7.88. The van der Waals surface area contributed by atoms with Gasteiger partial charge < -0.3 is 4.90 Å². The zero-order chi connectivity index (χ0) is 17.2. The number of benzene rings is 1. The minimum absolute atomic E-state index is 0.445.